The number of hydrogen-bond donors (Lipinski definition) is 2. The van der Waals surface area contributed by atoms with Gasteiger partial charge in [0, 0.05) is 30.3 Å². The smallest absolute Gasteiger partial charge is 0.226 e. The van der Waals surface area contributed by atoms with Gasteiger partial charge >= 0.3 is 0 Å². The number of nitrogen functional groups attached to an aromatic ring is 1. The lowest BCUT2D eigenvalue weighted by molar-refractivity contribution is 0.0208. The zero-order valence-electron chi connectivity index (χ0n) is 12.6. The molecule has 1 unspecified atom stereocenters. The van der Waals surface area contributed by atoms with Crippen LogP contribution >= 0.6 is 0 Å². The van der Waals surface area contributed by atoms with Gasteiger partial charge in [0.05, 0.1) is 11.3 Å². The molecular weight excluding hydrogens is 270 g/mol. The first-order valence-electron chi connectivity index (χ1n) is 7.18. The summed E-state index contributed by atoms with van der Waals surface area (Å²) >= 11 is 0. The number of likely N-dealkylation sites (tertiary alicyclic amines) is 1. The summed E-state index contributed by atoms with van der Waals surface area (Å²) in [6.45, 7) is 8.18. The number of fused-ring (bicyclic) bond motifs is 1. The Labute approximate surface area is 123 Å². The molecule has 0 aliphatic carbocycles. The first kappa shape index (κ1) is 14.2. The third-order valence-electron chi connectivity index (χ3n) is 4.41. The number of anilines is 1. The predicted octanol–water partition coefficient (Wildman–Crippen LogP) is 1.10. The highest BCUT2D eigenvalue weighted by atomic mass is 16.6. The van der Waals surface area contributed by atoms with Crippen LogP contribution in [0.2, 0.25) is 0 Å². The molecule has 7 nitrogen and oxygen atoms in total. The molecule has 2 aromatic rings. The van der Waals surface area contributed by atoms with Crippen LogP contribution in [0.15, 0.2) is 4.63 Å². The van der Waals surface area contributed by atoms with Crippen LogP contribution in [0.3, 0.4) is 0 Å². The van der Waals surface area contributed by atoms with Crippen molar-refractivity contribution in [2.45, 2.75) is 39.3 Å². The molecule has 3 rings (SSSR count). The maximum atomic E-state index is 10.1. The van der Waals surface area contributed by atoms with Gasteiger partial charge in [0.2, 0.25) is 5.65 Å². The van der Waals surface area contributed by atoms with Crippen LogP contribution in [0.1, 0.15) is 31.5 Å². The van der Waals surface area contributed by atoms with Gasteiger partial charge in [-0.3, -0.25) is 4.90 Å². The first-order valence-corrected chi connectivity index (χ1v) is 7.18. The lowest BCUT2D eigenvalue weighted by atomic mass is 9.90. The number of nitrogens with two attached hydrogens (primary N) is 1. The maximum absolute atomic E-state index is 10.1. The van der Waals surface area contributed by atoms with E-state index in [0.717, 1.165) is 30.8 Å². The summed E-state index contributed by atoms with van der Waals surface area (Å²) in [6.07, 6.45) is 0.990. The number of aliphatic hydroxyl groups is 1. The topological polar surface area (TPSA) is 101 Å². The van der Waals surface area contributed by atoms with Crippen LogP contribution < -0.4 is 5.73 Å². The second-order valence-electron chi connectivity index (χ2n) is 6.40. The van der Waals surface area contributed by atoms with Gasteiger partial charge in [0.25, 0.3) is 0 Å². The van der Waals surface area contributed by atoms with Gasteiger partial charge in [-0.25, -0.2) is 9.61 Å². The van der Waals surface area contributed by atoms with E-state index in [-0.39, 0.29) is 5.92 Å². The fourth-order valence-corrected chi connectivity index (χ4v) is 2.97. The molecule has 0 bridgehead atoms. The monoisotopic (exact) mass is 291 g/mol. The molecule has 0 saturated carbocycles. The van der Waals surface area contributed by atoms with E-state index in [1.54, 1.807) is 0 Å². The summed E-state index contributed by atoms with van der Waals surface area (Å²) in [7, 11) is 0. The minimum Gasteiger partial charge on any atom is -0.396 e. The van der Waals surface area contributed by atoms with Crippen LogP contribution in [0.4, 0.5) is 5.69 Å². The summed E-state index contributed by atoms with van der Waals surface area (Å²) in [6, 6.07) is 0. The van der Waals surface area contributed by atoms with Crippen molar-refractivity contribution in [3.63, 3.8) is 0 Å². The Bertz CT molecular complexity index is 661. The normalized spacial score (nSPS) is 20.5. The number of aryl methyl sites for hydroxylation is 1. The van der Waals surface area contributed by atoms with Gasteiger partial charge in [-0.1, -0.05) is 0 Å². The van der Waals surface area contributed by atoms with E-state index in [9.17, 15) is 5.11 Å². The van der Waals surface area contributed by atoms with Gasteiger partial charge in [-0.05, 0) is 44.1 Å². The third-order valence-corrected chi connectivity index (χ3v) is 4.41. The fourth-order valence-electron chi connectivity index (χ4n) is 2.97. The van der Waals surface area contributed by atoms with Crippen molar-refractivity contribution < 1.29 is 9.74 Å². The van der Waals surface area contributed by atoms with E-state index in [2.05, 4.69) is 20.2 Å². The molecule has 2 aromatic heterocycles. The van der Waals surface area contributed by atoms with Gasteiger partial charge in [-0.15, -0.1) is 0 Å². The SMILES string of the molecule is Cc1nc2nonc2c(N)c1CN1CCC(C(C)(C)O)C1. The molecule has 0 spiro atoms. The van der Waals surface area contributed by atoms with Crippen LogP contribution in [-0.2, 0) is 6.54 Å². The Kier molecular flexibility index (Phi) is 3.33. The molecule has 114 valence electrons. The highest BCUT2D eigenvalue weighted by Crippen LogP contribution is 2.30. The van der Waals surface area contributed by atoms with Crippen molar-refractivity contribution in [3.8, 4) is 0 Å². The lowest BCUT2D eigenvalue weighted by Gasteiger charge is -2.26. The van der Waals surface area contributed by atoms with Crippen molar-refractivity contribution >= 4 is 16.9 Å². The average molecular weight is 291 g/mol. The number of rotatable bonds is 3. The van der Waals surface area contributed by atoms with Crippen LogP contribution in [0.5, 0.6) is 0 Å². The summed E-state index contributed by atoms with van der Waals surface area (Å²) in [5, 5.41) is 17.7. The van der Waals surface area contributed by atoms with Crippen LogP contribution in [-0.4, -0.2) is 44.0 Å². The van der Waals surface area contributed by atoms with Crippen LogP contribution in [0.25, 0.3) is 11.2 Å². The highest BCUT2D eigenvalue weighted by molar-refractivity contribution is 5.85. The molecule has 0 aromatic carbocycles. The van der Waals surface area contributed by atoms with Gasteiger partial charge in [-0.2, -0.15) is 0 Å². The third kappa shape index (κ3) is 2.58. The molecule has 1 atom stereocenters. The Morgan fingerprint density at radius 1 is 1.43 bits per heavy atom. The van der Waals surface area contributed by atoms with E-state index in [0.29, 0.717) is 23.4 Å². The second kappa shape index (κ2) is 4.92. The van der Waals surface area contributed by atoms with E-state index in [1.165, 1.54) is 0 Å². The van der Waals surface area contributed by atoms with Crippen molar-refractivity contribution in [1.29, 1.82) is 0 Å². The molecule has 3 N–H and O–H groups in total. The molecule has 1 saturated heterocycles. The molecule has 7 heteroatoms. The number of nitrogens with zero attached hydrogens (tertiary/aromatic N) is 4. The molecule has 1 aliphatic heterocycles. The molecule has 1 fully saturated rings. The van der Waals surface area contributed by atoms with Crippen molar-refractivity contribution in [3.05, 3.63) is 11.3 Å². The molecule has 1 aliphatic rings. The van der Waals surface area contributed by atoms with Crippen molar-refractivity contribution in [2.24, 2.45) is 5.92 Å². The van der Waals surface area contributed by atoms with E-state index in [1.807, 2.05) is 20.8 Å². The quantitative estimate of drug-likeness (QED) is 0.873. The Morgan fingerprint density at radius 2 is 2.19 bits per heavy atom. The minimum atomic E-state index is -0.645. The second-order valence-corrected chi connectivity index (χ2v) is 6.40. The Hall–Kier alpha value is -1.73. The Balaban J connectivity index is 1.83. The zero-order chi connectivity index (χ0) is 15.2. The summed E-state index contributed by atoms with van der Waals surface area (Å²) in [5.74, 6) is 0.282. The minimum absolute atomic E-state index is 0.282. The average Bonchev–Trinajstić information content (AvgIpc) is 3.01. The van der Waals surface area contributed by atoms with Crippen molar-refractivity contribution in [2.75, 3.05) is 18.8 Å². The van der Waals surface area contributed by atoms with Crippen molar-refractivity contribution in [1.82, 2.24) is 20.2 Å². The molecule has 0 radical (unpaired) electrons. The maximum Gasteiger partial charge on any atom is 0.226 e. The first-order chi connectivity index (χ1) is 9.86. The standard InChI is InChI=1S/C14H21N5O2/c1-8-10(11(15)12-13(16-8)18-21-17-12)7-19-5-4-9(6-19)14(2,3)20/h9,20H,4-7,15H2,1-3H3. The summed E-state index contributed by atoms with van der Waals surface area (Å²) in [4.78, 5) is 6.68. The number of aromatic nitrogens is 3. The zero-order valence-corrected chi connectivity index (χ0v) is 12.6. The van der Waals surface area contributed by atoms with Gasteiger partial charge < -0.3 is 10.8 Å². The molecule has 21 heavy (non-hydrogen) atoms. The summed E-state index contributed by atoms with van der Waals surface area (Å²) in [5.41, 5.74) is 8.91. The van der Waals surface area contributed by atoms with E-state index in [4.69, 9.17) is 10.4 Å². The molecular formula is C14H21N5O2. The van der Waals surface area contributed by atoms with Gasteiger partial charge in [0.15, 0.2) is 5.52 Å². The molecule has 0 amide bonds. The Morgan fingerprint density at radius 3 is 2.86 bits per heavy atom. The largest absolute Gasteiger partial charge is 0.396 e. The lowest BCUT2D eigenvalue weighted by Crippen LogP contribution is -2.33. The van der Waals surface area contributed by atoms with E-state index < -0.39 is 5.60 Å². The summed E-state index contributed by atoms with van der Waals surface area (Å²) < 4.78 is 4.70. The number of hydrogen-bond acceptors (Lipinski definition) is 7. The highest BCUT2D eigenvalue weighted by Gasteiger charge is 2.33. The van der Waals surface area contributed by atoms with E-state index >= 15 is 0 Å². The fraction of sp³-hybridized carbons (Fsp3) is 0.643. The van der Waals surface area contributed by atoms with Gasteiger partial charge in [0.1, 0.15) is 0 Å². The van der Waals surface area contributed by atoms with Crippen LogP contribution in [0, 0.1) is 12.8 Å². The number of pyridine rings is 1. The molecule has 3 heterocycles. The predicted molar refractivity (Wildman–Crippen MR) is 78.4 cm³/mol.